The number of aromatic nitrogens is 2. The first-order valence-corrected chi connectivity index (χ1v) is 7.39. The molecule has 4 nitrogen and oxygen atoms in total. The van der Waals surface area contributed by atoms with Crippen LogP contribution in [0.25, 0.3) is 5.69 Å². The van der Waals surface area contributed by atoms with E-state index in [0.717, 1.165) is 10.1 Å². The smallest absolute Gasteiger partial charge is 0.145 e. The predicted molar refractivity (Wildman–Crippen MR) is 84.5 cm³/mol. The molecule has 1 heterocycles. The summed E-state index contributed by atoms with van der Waals surface area (Å²) in [5.41, 5.74) is 9.13. The fraction of sp³-hybridized carbons (Fsp3) is 0.308. The number of hydrogen-bond acceptors (Lipinski definition) is 3. The molecule has 18 heavy (non-hydrogen) atoms. The number of nitrogens with zero attached hydrogens (tertiary/aromatic N) is 2. The van der Waals surface area contributed by atoms with Crippen LogP contribution in [-0.2, 0) is 4.43 Å². The van der Waals surface area contributed by atoms with Crippen LogP contribution in [0.3, 0.4) is 0 Å². The van der Waals surface area contributed by atoms with Gasteiger partial charge in [0.15, 0.2) is 0 Å². The molecule has 0 amide bonds. The Hall–Kier alpha value is -1.24. The van der Waals surface area contributed by atoms with Crippen molar-refractivity contribution in [3.8, 4) is 5.69 Å². The fourth-order valence-corrected chi connectivity index (χ4v) is 2.40. The van der Waals surface area contributed by atoms with E-state index in [4.69, 9.17) is 5.73 Å². The zero-order valence-corrected chi connectivity index (χ0v) is 12.7. The SMILES string of the molecule is CC(C)Nc1ccc(-n2ccc(N)n2)cc1CI. The summed E-state index contributed by atoms with van der Waals surface area (Å²) in [6.45, 7) is 4.28. The maximum atomic E-state index is 5.64. The molecule has 0 aliphatic carbocycles. The number of anilines is 2. The second-order valence-electron chi connectivity index (χ2n) is 4.46. The summed E-state index contributed by atoms with van der Waals surface area (Å²) < 4.78 is 2.75. The molecular formula is C13H17IN4. The van der Waals surface area contributed by atoms with E-state index in [-0.39, 0.29) is 0 Å². The summed E-state index contributed by atoms with van der Waals surface area (Å²) in [7, 11) is 0. The summed E-state index contributed by atoms with van der Waals surface area (Å²) >= 11 is 2.37. The van der Waals surface area contributed by atoms with Gasteiger partial charge in [-0.25, -0.2) is 4.68 Å². The van der Waals surface area contributed by atoms with E-state index >= 15 is 0 Å². The number of nitrogens with one attached hydrogen (secondary N) is 1. The molecule has 5 heteroatoms. The average molecular weight is 356 g/mol. The highest BCUT2D eigenvalue weighted by molar-refractivity contribution is 14.1. The lowest BCUT2D eigenvalue weighted by Crippen LogP contribution is -2.11. The van der Waals surface area contributed by atoms with Crippen molar-refractivity contribution in [1.82, 2.24) is 9.78 Å². The molecule has 0 unspecified atom stereocenters. The number of alkyl halides is 1. The lowest BCUT2D eigenvalue weighted by molar-refractivity contribution is 0.879. The number of halogens is 1. The van der Waals surface area contributed by atoms with E-state index in [9.17, 15) is 0 Å². The summed E-state index contributed by atoms with van der Waals surface area (Å²) in [5.74, 6) is 0.537. The molecule has 0 saturated heterocycles. The van der Waals surface area contributed by atoms with Gasteiger partial charge in [-0.15, -0.1) is 0 Å². The third-order valence-electron chi connectivity index (χ3n) is 2.55. The fourth-order valence-electron chi connectivity index (χ4n) is 1.77. The van der Waals surface area contributed by atoms with Crippen molar-refractivity contribution < 1.29 is 0 Å². The van der Waals surface area contributed by atoms with Crippen LogP contribution >= 0.6 is 22.6 Å². The monoisotopic (exact) mass is 356 g/mol. The third kappa shape index (κ3) is 2.95. The van der Waals surface area contributed by atoms with Crippen LogP contribution in [0.4, 0.5) is 11.5 Å². The Morgan fingerprint density at radius 3 is 2.72 bits per heavy atom. The van der Waals surface area contributed by atoms with Crippen LogP contribution in [-0.4, -0.2) is 15.8 Å². The van der Waals surface area contributed by atoms with Crippen LogP contribution in [0.1, 0.15) is 19.4 Å². The molecular weight excluding hydrogens is 339 g/mol. The molecule has 2 aromatic rings. The minimum atomic E-state index is 0.429. The van der Waals surface area contributed by atoms with E-state index < -0.39 is 0 Å². The van der Waals surface area contributed by atoms with E-state index in [0.29, 0.717) is 11.9 Å². The van der Waals surface area contributed by atoms with Gasteiger partial charge in [-0.05, 0) is 37.6 Å². The number of nitrogen functional groups attached to an aromatic ring is 1. The maximum Gasteiger partial charge on any atom is 0.145 e. The highest BCUT2D eigenvalue weighted by atomic mass is 127. The Labute approximate surface area is 121 Å². The minimum Gasteiger partial charge on any atom is -0.383 e. The van der Waals surface area contributed by atoms with E-state index in [1.54, 1.807) is 10.7 Å². The highest BCUT2D eigenvalue weighted by Gasteiger charge is 2.06. The molecule has 0 aliphatic heterocycles. The van der Waals surface area contributed by atoms with Gasteiger partial charge in [-0.3, -0.25) is 0 Å². The maximum absolute atomic E-state index is 5.64. The van der Waals surface area contributed by atoms with Gasteiger partial charge in [0.05, 0.1) is 5.69 Å². The van der Waals surface area contributed by atoms with Crippen LogP contribution in [0.2, 0.25) is 0 Å². The van der Waals surface area contributed by atoms with Gasteiger partial charge in [-0.2, -0.15) is 5.10 Å². The van der Waals surface area contributed by atoms with Gasteiger partial charge in [0.2, 0.25) is 0 Å². The zero-order chi connectivity index (χ0) is 13.1. The van der Waals surface area contributed by atoms with Crippen molar-refractivity contribution in [2.24, 2.45) is 0 Å². The first-order chi connectivity index (χ1) is 8.60. The van der Waals surface area contributed by atoms with Crippen molar-refractivity contribution >= 4 is 34.1 Å². The molecule has 0 atom stereocenters. The van der Waals surface area contributed by atoms with Crippen LogP contribution in [0.5, 0.6) is 0 Å². The molecule has 3 N–H and O–H groups in total. The molecule has 1 aromatic heterocycles. The molecule has 1 aromatic carbocycles. The quantitative estimate of drug-likeness (QED) is 0.653. The Balaban J connectivity index is 2.35. The van der Waals surface area contributed by atoms with E-state index in [1.807, 2.05) is 12.3 Å². The molecule has 0 spiro atoms. The molecule has 0 saturated carbocycles. The van der Waals surface area contributed by atoms with E-state index in [2.05, 4.69) is 59.0 Å². The Kier molecular flexibility index (Phi) is 4.11. The Bertz CT molecular complexity index is 534. The molecule has 0 fully saturated rings. The van der Waals surface area contributed by atoms with Gasteiger partial charge < -0.3 is 11.1 Å². The van der Waals surface area contributed by atoms with Crippen molar-refractivity contribution in [1.29, 1.82) is 0 Å². The summed E-state index contributed by atoms with van der Waals surface area (Å²) in [6.07, 6.45) is 1.87. The average Bonchev–Trinajstić information content (AvgIpc) is 2.75. The van der Waals surface area contributed by atoms with Crippen molar-refractivity contribution in [2.45, 2.75) is 24.3 Å². The number of benzene rings is 1. The van der Waals surface area contributed by atoms with Gasteiger partial charge in [0.25, 0.3) is 0 Å². The Morgan fingerprint density at radius 2 is 2.17 bits per heavy atom. The highest BCUT2D eigenvalue weighted by Crippen LogP contribution is 2.23. The summed E-state index contributed by atoms with van der Waals surface area (Å²) in [4.78, 5) is 0. The lowest BCUT2D eigenvalue weighted by atomic mass is 10.1. The van der Waals surface area contributed by atoms with Gasteiger partial charge in [-0.1, -0.05) is 22.6 Å². The van der Waals surface area contributed by atoms with E-state index in [1.165, 1.54) is 11.3 Å². The second-order valence-corrected chi connectivity index (χ2v) is 5.22. The van der Waals surface area contributed by atoms with Crippen molar-refractivity contribution in [3.05, 3.63) is 36.0 Å². The number of rotatable bonds is 4. The van der Waals surface area contributed by atoms with Crippen LogP contribution in [0.15, 0.2) is 30.5 Å². The molecule has 0 aliphatic rings. The largest absolute Gasteiger partial charge is 0.383 e. The van der Waals surface area contributed by atoms with Gasteiger partial charge >= 0.3 is 0 Å². The second kappa shape index (κ2) is 5.60. The van der Waals surface area contributed by atoms with Crippen LogP contribution in [0, 0.1) is 0 Å². The number of hydrogen-bond donors (Lipinski definition) is 2. The summed E-state index contributed by atoms with van der Waals surface area (Å²) in [5, 5.41) is 7.67. The van der Waals surface area contributed by atoms with Gasteiger partial charge in [0.1, 0.15) is 5.82 Å². The lowest BCUT2D eigenvalue weighted by Gasteiger charge is -2.15. The topological polar surface area (TPSA) is 55.9 Å². The normalized spacial score (nSPS) is 10.9. The number of nitrogens with two attached hydrogens (primary N) is 1. The third-order valence-corrected chi connectivity index (χ3v) is 3.37. The molecule has 0 radical (unpaired) electrons. The standard InChI is InChI=1S/C13H17IN4/c1-9(2)16-12-4-3-11(7-10(12)8-14)18-6-5-13(15)17-18/h3-7,9,16H,8H2,1-2H3,(H2,15,17). The van der Waals surface area contributed by atoms with Gasteiger partial charge in [0, 0.05) is 28.4 Å². The molecule has 2 rings (SSSR count). The summed E-state index contributed by atoms with van der Waals surface area (Å²) in [6, 6.07) is 8.51. The first kappa shape index (κ1) is 13.2. The zero-order valence-electron chi connectivity index (χ0n) is 10.5. The Morgan fingerprint density at radius 1 is 1.39 bits per heavy atom. The van der Waals surface area contributed by atoms with Crippen LogP contribution < -0.4 is 11.1 Å². The predicted octanol–water partition coefficient (Wildman–Crippen LogP) is 3.21. The molecule has 96 valence electrons. The first-order valence-electron chi connectivity index (χ1n) is 5.87. The minimum absolute atomic E-state index is 0.429. The van der Waals surface area contributed by atoms with Crippen molar-refractivity contribution in [2.75, 3.05) is 11.1 Å². The van der Waals surface area contributed by atoms with Crippen molar-refractivity contribution in [3.63, 3.8) is 0 Å². The molecule has 0 bridgehead atoms.